The van der Waals surface area contributed by atoms with Crippen molar-refractivity contribution in [1.29, 1.82) is 5.26 Å². The van der Waals surface area contributed by atoms with E-state index in [9.17, 15) is 4.79 Å². The SMILES string of the molecule is C[C@@H]1CN(c2ccc(-n3ccc4c(-c5ccc(C#N)cc5)cccc4c3=O)cc2Br)C[C@H](C)O1. The Hall–Kier alpha value is -3.40. The van der Waals surface area contributed by atoms with E-state index >= 15 is 0 Å². The molecule has 1 saturated heterocycles. The highest BCUT2D eigenvalue weighted by molar-refractivity contribution is 9.10. The van der Waals surface area contributed by atoms with Crippen LogP contribution in [0, 0.1) is 11.3 Å². The van der Waals surface area contributed by atoms with E-state index in [1.165, 1.54) is 0 Å². The van der Waals surface area contributed by atoms with Crippen molar-refractivity contribution in [3.63, 3.8) is 0 Å². The Labute approximate surface area is 207 Å². The van der Waals surface area contributed by atoms with Crippen molar-refractivity contribution in [2.45, 2.75) is 26.1 Å². The molecule has 6 heteroatoms. The second-order valence-electron chi connectivity index (χ2n) is 8.74. The van der Waals surface area contributed by atoms with E-state index in [0.717, 1.165) is 45.5 Å². The van der Waals surface area contributed by atoms with Crippen LogP contribution >= 0.6 is 15.9 Å². The highest BCUT2D eigenvalue weighted by Gasteiger charge is 2.24. The van der Waals surface area contributed by atoms with Gasteiger partial charge in [0.1, 0.15) is 0 Å². The van der Waals surface area contributed by atoms with Gasteiger partial charge in [0.25, 0.3) is 5.56 Å². The Morgan fingerprint density at radius 3 is 2.38 bits per heavy atom. The molecule has 1 fully saturated rings. The summed E-state index contributed by atoms with van der Waals surface area (Å²) >= 11 is 3.73. The first kappa shape index (κ1) is 22.4. The minimum Gasteiger partial charge on any atom is -0.372 e. The molecule has 0 saturated carbocycles. The summed E-state index contributed by atoms with van der Waals surface area (Å²) in [5, 5.41) is 10.6. The van der Waals surface area contributed by atoms with Gasteiger partial charge >= 0.3 is 0 Å². The summed E-state index contributed by atoms with van der Waals surface area (Å²) in [6, 6.07) is 23.4. The number of morpholine rings is 1. The Kier molecular flexibility index (Phi) is 5.99. The second kappa shape index (κ2) is 9.09. The van der Waals surface area contributed by atoms with Crippen LogP contribution in [0.1, 0.15) is 19.4 Å². The highest BCUT2D eigenvalue weighted by Crippen LogP contribution is 2.32. The van der Waals surface area contributed by atoms with E-state index in [2.05, 4.69) is 46.8 Å². The third-order valence-electron chi connectivity index (χ3n) is 6.24. The summed E-state index contributed by atoms with van der Waals surface area (Å²) in [5.41, 5.74) is 4.40. The van der Waals surface area contributed by atoms with Gasteiger partial charge in [-0.1, -0.05) is 24.3 Å². The van der Waals surface area contributed by atoms with Crippen LogP contribution in [-0.2, 0) is 4.74 Å². The normalized spacial score (nSPS) is 18.1. The maximum Gasteiger partial charge on any atom is 0.262 e. The van der Waals surface area contributed by atoms with E-state index in [4.69, 9.17) is 10.00 Å². The van der Waals surface area contributed by atoms with Gasteiger partial charge < -0.3 is 9.64 Å². The van der Waals surface area contributed by atoms with Crippen molar-refractivity contribution in [3.05, 3.63) is 93.3 Å². The molecular formula is C28H24BrN3O2. The topological polar surface area (TPSA) is 58.3 Å². The molecule has 1 aliphatic heterocycles. The van der Waals surface area contributed by atoms with E-state index in [0.29, 0.717) is 10.9 Å². The van der Waals surface area contributed by atoms with Gasteiger partial charge in [-0.3, -0.25) is 9.36 Å². The summed E-state index contributed by atoms with van der Waals surface area (Å²) in [6.45, 7) is 5.84. The predicted molar refractivity (Wildman–Crippen MR) is 140 cm³/mol. The van der Waals surface area contributed by atoms with E-state index in [1.807, 2.05) is 54.7 Å². The minimum atomic E-state index is -0.0683. The second-order valence-corrected chi connectivity index (χ2v) is 9.60. The van der Waals surface area contributed by atoms with Crippen LogP contribution in [0.4, 0.5) is 5.69 Å². The molecule has 0 spiro atoms. The molecule has 1 aromatic heterocycles. The smallest absolute Gasteiger partial charge is 0.262 e. The molecule has 0 aliphatic carbocycles. The Morgan fingerprint density at radius 1 is 0.971 bits per heavy atom. The third kappa shape index (κ3) is 4.13. The van der Waals surface area contributed by atoms with Crippen molar-refractivity contribution in [2.75, 3.05) is 18.0 Å². The molecule has 3 aromatic carbocycles. The number of hydrogen-bond donors (Lipinski definition) is 0. The maximum atomic E-state index is 13.5. The molecule has 0 N–H and O–H groups in total. The number of nitrogens with zero attached hydrogens (tertiary/aromatic N) is 3. The Balaban J connectivity index is 1.53. The number of ether oxygens (including phenoxy) is 1. The molecule has 0 radical (unpaired) electrons. The van der Waals surface area contributed by atoms with Crippen LogP contribution in [0.3, 0.4) is 0 Å². The number of nitriles is 1. The number of anilines is 1. The molecular weight excluding hydrogens is 490 g/mol. The third-order valence-corrected chi connectivity index (χ3v) is 6.88. The highest BCUT2D eigenvalue weighted by atomic mass is 79.9. The molecule has 0 amide bonds. The zero-order valence-corrected chi connectivity index (χ0v) is 20.6. The number of hydrogen-bond acceptors (Lipinski definition) is 4. The van der Waals surface area contributed by atoms with Gasteiger partial charge in [-0.25, -0.2) is 0 Å². The fraction of sp³-hybridized carbons (Fsp3) is 0.214. The molecule has 5 nitrogen and oxygen atoms in total. The molecule has 2 atom stereocenters. The van der Waals surface area contributed by atoms with E-state index < -0.39 is 0 Å². The van der Waals surface area contributed by atoms with Crippen LogP contribution in [0.15, 0.2) is 82.2 Å². The average molecular weight is 514 g/mol. The van der Waals surface area contributed by atoms with Gasteiger partial charge in [0.05, 0.1) is 29.5 Å². The first-order chi connectivity index (χ1) is 16.4. The lowest BCUT2D eigenvalue weighted by molar-refractivity contribution is -0.00525. The zero-order chi connectivity index (χ0) is 23.8. The number of fused-ring (bicyclic) bond motifs is 1. The molecule has 0 bridgehead atoms. The molecule has 5 rings (SSSR count). The Bertz CT molecular complexity index is 1460. The minimum absolute atomic E-state index is 0.0683. The summed E-state index contributed by atoms with van der Waals surface area (Å²) in [7, 11) is 0. The van der Waals surface area contributed by atoms with Gasteiger partial charge in [-0.05, 0) is 88.8 Å². The lowest BCUT2D eigenvalue weighted by Gasteiger charge is -2.37. The van der Waals surface area contributed by atoms with E-state index in [1.54, 1.807) is 16.7 Å². The van der Waals surface area contributed by atoms with E-state index in [-0.39, 0.29) is 17.8 Å². The van der Waals surface area contributed by atoms with Crippen LogP contribution < -0.4 is 10.5 Å². The van der Waals surface area contributed by atoms with Crippen LogP contribution in [0.5, 0.6) is 0 Å². The fourth-order valence-electron chi connectivity index (χ4n) is 4.73. The molecule has 1 aliphatic rings. The van der Waals surface area contributed by atoms with Gasteiger partial charge in [0.15, 0.2) is 0 Å². The first-order valence-corrected chi connectivity index (χ1v) is 12.1. The van der Waals surface area contributed by atoms with Crippen molar-refractivity contribution in [3.8, 4) is 22.9 Å². The molecule has 170 valence electrons. The summed E-state index contributed by atoms with van der Waals surface area (Å²) in [6.07, 6.45) is 2.17. The van der Waals surface area contributed by atoms with Gasteiger partial charge in [0, 0.05) is 34.8 Å². The standard InChI is InChI=1S/C28H24BrN3O2/c1-18-16-31(17-19(2)34-18)27-11-10-22(14-26(27)29)32-13-12-24-23(4-3-5-25(24)28(32)33)21-8-6-20(15-30)7-9-21/h3-14,18-19H,16-17H2,1-2H3/t18-,19+. The number of benzene rings is 3. The number of aromatic nitrogens is 1. The predicted octanol–water partition coefficient (Wildman–Crippen LogP) is 5.91. The quantitative estimate of drug-likeness (QED) is 0.341. The molecule has 4 aromatic rings. The summed E-state index contributed by atoms with van der Waals surface area (Å²) in [4.78, 5) is 15.8. The average Bonchev–Trinajstić information content (AvgIpc) is 2.83. The number of pyridine rings is 1. The summed E-state index contributed by atoms with van der Waals surface area (Å²) in [5.74, 6) is 0. The summed E-state index contributed by atoms with van der Waals surface area (Å²) < 4.78 is 8.50. The maximum absolute atomic E-state index is 13.5. The monoisotopic (exact) mass is 513 g/mol. The van der Waals surface area contributed by atoms with Gasteiger partial charge in [0.2, 0.25) is 0 Å². The van der Waals surface area contributed by atoms with Gasteiger partial charge in [-0.2, -0.15) is 5.26 Å². The first-order valence-electron chi connectivity index (χ1n) is 11.3. The fourth-order valence-corrected chi connectivity index (χ4v) is 5.35. The Morgan fingerprint density at radius 2 is 1.71 bits per heavy atom. The van der Waals surface area contributed by atoms with Crippen molar-refractivity contribution >= 4 is 32.4 Å². The largest absolute Gasteiger partial charge is 0.372 e. The zero-order valence-electron chi connectivity index (χ0n) is 19.0. The molecule has 2 heterocycles. The van der Waals surface area contributed by atoms with Crippen molar-refractivity contribution in [2.24, 2.45) is 0 Å². The molecule has 34 heavy (non-hydrogen) atoms. The van der Waals surface area contributed by atoms with Crippen LogP contribution in [0.25, 0.3) is 27.6 Å². The van der Waals surface area contributed by atoms with Crippen LogP contribution in [-0.4, -0.2) is 29.9 Å². The lowest BCUT2D eigenvalue weighted by Crippen LogP contribution is -2.45. The van der Waals surface area contributed by atoms with Crippen molar-refractivity contribution < 1.29 is 4.74 Å². The van der Waals surface area contributed by atoms with Gasteiger partial charge in [-0.15, -0.1) is 0 Å². The van der Waals surface area contributed by atoms with Crippen molar-refractivity contribution in [1.82, 2.24) is 4.57 Å². The molecule has 0 unspecified atom stereocenters. The number of halogens is 1. The number of rotatable bonds is 3. The lowest BCUT2D eigenvalue weighted by atomic mass is 9.98. The van der Waals surface area contributed by atoms with Crippen LogP contribution in [0.2, 0.25) is 0 Å².